The fourth-order valence-electron chi connectivity index (χ4n) is 1.32. The van der Waals surface area contributed by atoms with E-state index in [9.17, 15) is 9.18 Å². The zero-order valence-corrected chi connectivity index (χ0v) is 9.25. The highest BCUT2D eigenvalue weighted by Gasteiger charge is 2.39. The van der Waals surface area contributed by atoms with Crippen molar-refractivity contribution in [3.63, 3.8) is 0 Å². The van der Waals surface area contributed by atoms with Gasteiger partial charge in [-0.25, -0.2) is 4.39 Å². The summed E-state index contributed by atoms with van der Waals surface area (Å²) in [5, 5.41) is 9.03. The molecule has 1 rings (SSSR count). The molecule has 2 unspecified atom stereocenters. The second kappa shape index (κ2) is 4.19. The molecule has 1 aromatic carbocycles. The number of benzene rings is 1. The molecular weight excluding hydrogens is 219 g/mol. The quantitative estimate of drug-likeness (QED) is 0.866. The molecule has 2 nitrogen and oxygen atoms in total. The fraction of sp³-hybridized carbons (Fsp3) is 0.364. The maximum atomic E-state index is 14.3. The maximum Gasteiger partial charge on any atom is 0.309 e. The zero-order valence-electron chi connectivity index (χ0n) is 8.50. The third-order valence-electron chi connectivity index (χ3n) is 2.58. The van der Waals surface area contributed by atoms with Crippen LogP contribution in [0.15, 0.2) is 24.3 Å². The molecule has 0 radical (unpaired) electrons. The van der Waals surface area contributed by atoms with Crippen molar-refractivity contribution in [1.29, 1.82) is 0 Å². The molecule has 0 aliphatic heterocycles. The van der Waals surface area contributed by atoms with Gasteiger partial charge >= 0.3 is 5.97 Å². The highest BCUT2D eigenvalue weighted by Crippen LogP contribution is 2.37. The summed E-state index contributed by atoms with van der Waals surface area (Å²) in [5.74, 6) is -2.32. The van der Waals surface area contributed by atoms with Crippen LogP contribution in [0.2, 0.25) is 5.02 Å². The van der Waals surface area contributed by atoms with Gasteiger partial charge in [-0.2, -0.15) is 0 Å². The molecule has 0 spiro atoms. The van der Waals surface area contributed by atoms with E-state index in [2.05, 4.69) is 0 Å². The second-order valence-electron chi connectivity index (χ2n) is 3.62. The molecule has 82 valence electrons. The smallest absolute Gasteiger partial charge is 0.309 e. The van der Waals surface area contributed by atoms with Gasteiger partial charge in [-0.05, 0) is 19.9 Å². The summed E-state index contributed by atoms with van der Waals surface area (Å²) in [4.78, 5) is 10.7. The highest BCUT2D eigenvalue weighted by molar-refractivity contribution is 6.31. The van der Waals surface area contributed by atoms with E-state index in [4.69, 9.17) is 16.7 Å². The van der Waals surface area contributed by atoms with Crippen molar-refractivity contribution >= 4 is 17.6 Å². The van der Waals surface area contributed by atoms with Gasteiger partial charge in [0, 0.05) is 10.6 Å². The average molecular weight is 231 g/mol. The summed E-state index contributed by atoms with van der Waals surface area (Å²) in [7, 11) is 0. The van der Waals surface area contributed by atoms with Crippen molar-refractivity contribution in [2.45, 2.75) is 19.5 Å². The van der Waals surface area contributed by atoms with Gasteiger partial charge in [0.25, 0.3) is 0 Å². The molecule has 0 aromatic heterocycles. The number of carbonyl (C=O) groups is 1. The maximum absolute atomic E-state index is 14.3. The van der Waals surface area contributed by atoms with Crippen molar-refractivity contribution in [2.75, 3.05) is 0 Å². The van der Waals surface area contributed by atoms with Crippen LogP contribution in [0.25, 0.3) is 0 Å². The molecular formula is C11H12ClFO2. The molecule has 0 aliphatic carbocycles. The van der Waals surface area contributed by atoms with Crippen LogP contribution in [0, 0.1) is 5.92 Å². The van der Waals surface area contributed by atoms with E-state index in [-0.39, 0.29) is 10.6 Å². The Morgan fingerprint density at radius 3 is 2.53 bits per heavy atom. The summed E-state index contributed by atoms with van der Waals surface area (Å²) in [6.07, 6.45) is 0. The number of hydrogen-bond acceptors (Lipinski definition) is 1. The van der Waals surface area contributed by atoms with Gasteiger partial charge in [-0.15, -0.1) is 0 Å². The molecule has 15 heavy (non-hydrogen) atoms. The molecule has 1 N–H and O–H groups in total. The largest absolute Gasteiger partial charge is 0.481 e. The number of hydrogen-bond donors (Lipinski definition) is 1. The van der Waals surface area contributed by atoms with E-state index in [1.807, 2.05) is 0 Å². The van der Waals surface area contributed by atoms with Crippen LogP contribution < -0.4 is 0 Å². The summed E-state index contributed by atoms with van der Waals surface area (Å²) >= 11 is 5.82. The predicted molar refractivity (Wildman–Crippen MR) is 56.7 cm³/mol. The molecule has 0 saturated heterocycles. The van der Waals surface area contributed by atoms with E-state index in [0.717, 1.165) is 0 Å². The Morgan fingerprint density at radius 2 is 2.07 bits per heavy atom. The SMILES string of the molecule is CC(C(=O)O)C(C)(F)c1ccccc1Cl. The Labute approximate surface area is 92.7 Å². The third kappa shape index (κ3) is 2.29. The van der Waals surface area contributed by atoms with Crippen LogP contribution in [-0.2, 0) is 10.5 Å². The van der Waals surface area contributed by atoms with E-state index < -0.39 is 17.6 Å². The summed E-state index contributed by atoms with van der Waals surface area (Å²) in [6.45, 7) is 2.55. The van der Waals surface area contributed by atoms with E-state index in [0.29, 0.717) is 0 Å². The minimum Gasteiger partial charge on any atom is -0.481 e. The van der Waals surface area contributed by atoms with Crippen LogP contribution in [0.1, 0.15) is 19.4 Å². The van der Waals surface area contributed by atoms with E-state index in [1.165, 1.54) is 19.9 Å². The number of halogens is 2. The Kier molecular flexibility index (Phi) is 3.35. The first-order valence-electron chi connectivity index (χ1n) is 4.54. The minimum absolute atomic E-state index is 0.210. The Bertz CT molecular complexity index is 377. The van der Waals surface area contributed by atoms with Crippen molar-refractivity contribution in [3.8, 4) is 0 Å². The monoisotopic (exact) mass is 230 g/mol. The zero-order chi connectivity index (χ0) is 11.6. The van der Waals surface area contributed by atoms with Gasteiger partial charge in [-0.3, -0.25) is 4.79 Å². The lowest BCUT2D eigenvalue weighted by Gasteiger charge is -2.25. The van der Waals surface area contributed by atoms with Gasteiger partial charge in [0.05, 0.1) is 5.92 Å². The Balaban J connectivity index is 3.16. The molecule has 0 aliphatic rings. The molecule has 0 saturated carbocycles. The van der Waals surface area contributed by atoms with Crippen LogP contribution in [-0.4, -0.2) is 11.1 Å². The lowest BCUT2D eigenvalue weighted by atomic mass is 9.86. The van der Waals surface area contributed by atoms with Gasteiger partial charge in [0.1, 0.15) is 5.67 Å². The number of aliphatic carboxylic acids is 1. The number of alkyl halides is 1. The van der Waals surface area contributed by atoms with Gasteiger partial charge < -0.3 is 5.11 Å². The van der Waals surface area contributed by atoms with E-state index >= 15 is 0 Å². The van der Waals surface area contributed by atoms with E-state index in [1.54, 1.807) is 18.2 Å². The summed E-state index contributed by atoms with van der Waals surface area (Å²) < 4.78 is 14.3. The van der Waals surface area contributed by atoms with Crippen LogP contribution in [0.5, 0.6) is 0 Å². The van der Waals surface area contributed by atoms with Crippen molar-refractivity contribution < 1.29 is 14.3 Å². The first-order chi connectivity index (χ1) is 6.87. The summed E-state index contributed by atoms with van der Waals surface area (Å²) in [5.41, 5.74) is -1.76. The minimum atomic E-state index is -1.97. The lowest BCUT2D eigenvalue weighted by Crippen LogP contribution is -2.31. The highest BCUT2D eigenvalue weighted by atomic mass is 35.5. The molecule has 2 atom stereocenters. The van der Waals surface area contributed by atoms with Crippen LogP contribution >= 0.6 is 11.6 Å². The Morgan fingerprint density at radius 1 is 1.53 bits per heavy atom. The van der Waals surface area contributed by atoms with Crippen molar-refractivity contribution in [3.05, 3.63) is 34.9 Å². The van der Waals surface area contributed by atoms with Gasteiger partial charge in [0.2, 0.25) is 0 Å². The van der Waals surface area contributed by atoms with Gasteiger partial charge in [-0.1, -0.05) is 29.8 Å². The fourth-order valence-corrected chi connectivity index (χ4v) is 1.64. The molecule has 0 amide bonds. The third-order valence-corrected chi connectivity index (χ3v) is 2.91. The second-order valence-corrected chi connectivity index (χ2v) is 4.02. The number of rotatable bonds is 3. The standard InChI is InChI=1S/C11H12ClFO2/c1-7(10(14)15)11(2,13)8-5-3-4-6-9(8)12/h3-7H,1-2H3,(H,14,15). The lowest BCUT2D eigenvalue weighted by molar-refractivity contribution is -0.146. The number of carboxylic acid groups (broad SMARTS) is 1. The summed E-state index contributed by atoms with van der Waals surface area (Å²) in [6, 6.07) is 6.35. The predicted octanol–water partition coefficient (Wildman–Crippen LogP) is 3.25. The molecule has 1 aromatic rings. The van der Waals surface area contributed by atoms with Crippen LogP contribution in [0.3, 0.4) is 0 Å². The Hall–Kier alpha value is -1.09. The van der Waals surface area contributed by atoms with Crippen LogP contribution in [0.4, 0.5) is 4.39 Å². The van der Waals surface area contributed by atoms with Crippen molar-refractivity contribution in [2.24, 2.45) is 5.92 Å². The molecule has 0 fully saturated rings. The molecule has 4 heteroatoms. The average Bonchev–Trinajstić information content (AvgIpc) is 2.16. The topological polar surface area (TPSA) is 37.3 Å². The molecule has 0 bridgehead atoms. The number of carboxylic acids is 1. The normalized spacial score (nSPS) is 16.8. The first kappa shape index (κ1) is 12.0. The first-order valence-corrected chi connectivity index (χ1v) is 4.92. The van der Waals surface area contributed by atoms with Crippen molar-refractivity contribution in [1.82, 2.24) is 0 Å². The van der Waals surface area contributed by atoms with Gasteiger partial charge in [0.15, 0.2) is 0 Å². The molecule has 0 heterocycles.